The predicted molar refractivity (Wildman–Crippen MR) is 130 cm³/mol. The van der Waals surface area contributed by atoms with Gasteiger partial charge in [0, 0.05) is 5.56 Å². The number of halogens is 1. The van der Waals surface area contributed by atoms with Crippen molar-refractivity contribution in [2.45, 2.75) is 18.4 Å². The van der Waals surface area contributed by atoms with Gasteiger partial charge < -0.3 is 8.92 Å². The number of imide groups is 1. The Hall–Kier alpha value is -3.63. The molecule has 7 nitrogen and oxygen atoms in total. The van der Waals surface area contributed by atoms with Gasteiger partial charge in [-0.15, -0.1) is 0 Å². The maximum Gasteiger partial charge on any atom is 0.339 e. The van der Waals surface area contributed by atoms with E-state index in [2.05, 4.69) is 0 Å². The van der Waals surface area contributed by atoms with Crippen LogP contribution in [0.15, 0.2) is 76.5 Å². The summed E-state index contributed by atoms with van der Waals surface area (Å²) < 4.78 is 49.8. The number of benzene rings is 3. The molecule has 3 aromatic carbocycles. The van der Waals surface area contributed by atoms with E-state index < -0.39 is 27.1 Å². The molecular weight excluding hydrogens is 493 g/mol. The molecule has 2 amide bonds. The molecular formula is C25H20FNO6S2. The van der Waals surface area contributed by atoms with Crippen LogP contribution in [0.1, 0.15) is 16.7 Å². The van der Waals surface area contributed by atoms with Crippen LogP contribution in [0.3, 0.4) is 0 Å². The van der Waals surface area contributed by atoms with Crippen LogP contribution in [0.25, 0.3) is 6.08 Å². The summed E-state index contributed by atoms with van der Waals surface area (Å²) in [7, 11) is -2.74. The van der Waals surface area contributed by atoms with Crippen molar-refractivity contribution in [3.05, 3.63) is 94.1 Å². The second-order valence-electron chi connectivity index (χ2n) is 7.62. The number of nitrogens with zero attached hydrogens (tertiary/aromatic N) is 1. The van der Waals surface area contributed by atoms with Gasteiger partial charge in [0.25, 0.3) is 11.1 Å². The highest BCUT2D eigenvalue weighted by atomic mass is 32.2. The van der Waals surface area contributed by atoms with Crippen LogP contribution in [0.4, 0.5) is 9.18 Å². The molecule has 1 heterocycles. The van der Waals surface area contributed by atoms with Crippen molar-refractivity contribution in [3.63, 3.8) is 0 Å². The third-order valence-electron chi connectivity index (χ3n) is 5.15. The molecule has 0 bridgehead atoms. The number of methoxy groups -OCH3 is 1. The monoisotopic (exact) mass is 513 g/mol. The number of rotatable bonds is 7. The van der Waals surface area contributed by atoms with Crippen molar-refractivity contribution in [3.8, 4) is 11.5 Å². The zero-order valence-electron chi connectivity index (χ0n) is 18.7. The maximum absolute atomic E-state index is 14.0. The molecule has 0 unspecified atom stereocenters. The molecule has 1 saturated heterocycles. The lowest BCUT2D eigenvalue weighted by atomic mass is 10.1. The second kappa shape index (κ2) is 9.93. The van der Waals surface area contributed by atoms with Crippen LogP contribution in [0, 0.1) is 12.7 Å². The van der Waals surface area contributed by atoms with Gasteiger partial charge in [-0.25, -0.2) is 4.39 Å². The van der Waals surface area contributed by atoms with Crippen LogP contribution >= 0.6 is 11.8 Å². The molecule has 35 heavy (non-hydrogen) atoms. The first-order valence-corrected chi connectivity index (χ1v) is 12.6. The van der Waals surface area contributed by atoms with Gasteiger partial charge in [0.2, 0.25) is 0 Å². The third kappa shape index (κ3) is 5.39. The normalized spacial score (nSPS) is 15.1. The molecule has 0 aliphatic carbocycles. The number of carbonyl (C=O) groups is 2. The van der Waals surface area contributed by atoms with Gasteiger partial charge in [0.15, 0.2) is 11.5 Å². The summed E-state index contributed by atoms with van der Waals surface area (Å²) in [6, 6.07) is 16.6. The van der Waals surface area contributed by atoms with E-state index in [1.807, 2.05) is 6.92 Å². The topological polar surface area (TPSA) is 90.0 Å². The minimum absolute atomic E-state index is 0.00208. The Morgan fingerprint density at radius 2 is 1.71 bits per heavy atom. The standard InChI is InChI=1S/C25H20FNO6S2/c1-16-7-10-19(11-8-16)35(30,31)33-21-12-9-17(13-22(21)32-2)14-23-24(28)27(25(29)34-23)15-18-5-3-4-6-20(18)26/h3-14H,15H2,1-2H3/b23-14-. The van der Waals surface area contributed by atoms with E-state index in [4.69, 9.17) is 8.92 Å². The molecule has 180 valence electrons. The largest absolute Gasteiger partial charge is 0.493 e. The van der Waals surface area contributed by atoms with Gasteiger partial charge in [-0.2, -0.15) is 8.42 Å². The Labute approximate surface area is 206 Å². The summed E-state index contributed by atoms with van der Waals surface area (Å²) in [5, 5.41) is -0.513. The Kier molecular flexibility index (Phi) is 6.95. The van der Waals surface area contributed by atoms with Crippen LogP contribution in [0.2, 0.25) is 0 Å². The van der Waals surface area contributed by atoms with Crippen molar-refractivity contribution in [1.29, 1.82) is 0 Å². The van der Waals surface area contributed by atoms with Crippen molar-refractivity contribution in [1.82, 2.24) is 4.90 Å². The van der Waals surface area contributed by atoms with Gasteiger partial charge in [0.05, 0.1) is 18.6 Å². The first kappa shape index (κ1) is 24.5. The van der Waals surface area contributed by atoms with Crippen molar-refractivity contribution >= 4 is 39.1 Å². The summed E-state index contributed by atoms with van der Waals surface area (Å²) in [5.74, 6) is -0.959. The number of hydrogen-bond acceptors (Lipinski definition) is 7. The Bertz CT molecular complexity index is 1430. The van der Waals surface area contributed by atoms with Crippen LogP contribution in [-0.2, 0) is 21.5 Å². The minimum atomic E-state index is -4.09. The molecule has 10 heteroatoms. The van der Waals surface area contributed by atoms with Gasteiger partial charge in [-0.05, 0) is 60.7 Å². The fraction of sp³-hybridized carbons (Fsp3) is 0.120. The van der Waals surface area contributed by atoms with E-state index in [1.165, 1.54) is 61.7 Å². The van der Waals surface area contributed by atoms with Crippen molar-refractivity contribution < 1.29 is 31.3 Å². The summed E-state index contributed by atoms with van der Waals surface area (Å²) in [6.45, 7) is 1.66. The fourth-order valence-corrected chi connectivity index (χ4v) is 5.08. The summed E-state index contributed by atoms with van der Waals surface area (Å²) in [6.07, 6.45) is 1.48. The van der Waals surface area contributed by atoms with Gasteiger partial charge in [-0.1, -0.05) is 42.0 Å². The molecule has 0 aromatic heterocycles. The van der Waals surface area contributed by atoms with Crippen molar-refractivity contribution in [2.75, 3.05) is 7.11 Å². The number of amides is 2. The van der Waals surface area contributed by atoms with E-state index in [1.54, 1.807) is 18.2 Å². The lowest BCUT2D eigenvalue weighted by Gasteiger charge is -2.13. The molecule has 0 spiro atoms. The lowest BCUT2D eigenvalue weighted by Crippen LogP contribution is -2.27. The average Bonchev–Trinajstić information content (AvgIpc) is 3.08. The predicted octanol–water partition coefficient (Wildman–Crippen LogP) is 5.15. The number of aryl methyl sites for hydroxylation is 1. The molecule has 3 aromatic rings. The zero-order chi connectivity index (χ0) is 25.2. The second-order valence-corrected chi connectivity index (χ2v) is 10.2. The molecule has 0 N–H and O–H groups in total. The average molecular weight is 514 g/mol. The van der Waals surface area contributed by atoms with Gasteiger partial charge >= 0.3 is 10.1 Å². The quantitative estimate of drug-likeness (QED) is 0.319. The molecule has 4 rings (SSSR count). The molecule has 1 aliphatic rings. The third-order valence-corrected chi connectivity index (χ3v) is 7.31. The number of thioether (sulfide) groups is 1. The van der Waals surface area contributed by atoms with E-state index in [0.29, 0.717) is 5.56 Å². The Morgan fingerprint density at radius 1 is 1.00 bits per heavy atom. The highest BCUT2D eigenvalue weighted by Gasteiger charge is 2.35. The molecule has 1 aliphatic heterocycles. The summed E-state index contributed by atoms with van der Waals surface area (Å²) in [5.41, 5.74) is 1.62. The maximum atomic E-state index is 14.0. The highest BCUT2D eigenvalue weighted by molar-refractivity contribution is 8.18. The smallest absolute Gasteiger partial charge is 0.339 e. The van der Waals surface area contributed by atoms with Crippen LogP contribution in [0.5, 0.6) is 11.5 Å². The first-order chi connectivity index (χ1) is 16.7. The van der Waals surface area contributed by atoms with E-state index in [9.17, 15) is 22.4 Å². The SMILES string of the molecule is COc1cc(/C=C2\SC(=O)N(Cc3ccccc3F)C2=O)ccc1OS(=O)(=O)c1ccc(C)cc1. The molecule has 0 radical (unpaired) electrons. The van der Waals surface area contributed by atoms with E-state index in [-0.39, 0.29) is 33.4 Å². The van der Waals surface area contributed by atoms with E-state index >= 15 is 0 Å². The van der Waals surface area contributed by atoms with Crippen molar-refractivity contribution in [2.24, 2.45) is 0 Å². The molecule has 0 atom stereocenters. The number of carbonyl (C=O) groups excluding carboxylic acids is 2. The number of ether oxygens (including phenoxy) is 1. The Balaban J connectivity index is 1.55. The van der Waals surface area contributed by atoms with Gasteiger partial charge in [-0.3, -0.25) is 14.5 Å². The fourth-order valence-electron chi connectivity index (χ4n) is 3.30. The van der Waals surface area contributed by atoms with Crippen LogP contribution in [-0.4, -0.2) is 31.6 Å². The molecule has 1 fully saturated rings. The summed E-state index contributed by atoms with van der Waals surface area (Å²) >= 11 is 0.736. The molecule has 0 saturated carbocycles. The zero-order valence-corrected chi connectivity index (χ0v) is 20.4. The number of hydrogen-bond donors (Lipinski definition) is 0. The lowest BCUT2D eigenvalue weighted by molar-refractivity contribution is -0.123. The highest BCUT2D eigenvalue weighted by Crippen LogP contribution is 2.36. The van der Waals surface area contributed by atoms with E-state index in [0.717, 1.165) is 22.2 Å². The summed E-state index contributed by atoms with van der Waals surface area (Å²) in [4.78, 5) is 26.3. The van der Waals surface area contributed by atoms with Crippen LogP contribution < -0.4 is 8.92 Å². The minimum Gasteiger partial charge on any atom is -0.493 e. The first-order valence-electron chi connectivity index (χ1n) is 10.4. The Morgan fingerprint density at radius 3 is 2.40 bits per heavy atom. The van der Waals surface area contributed by atoms with Gasteiger partial charge in [0.1, 0.15) is 10.7 Å².